The summed E-state index contributed by atoms with van der Waals surface area (Å²) in [7, 11) is 0. The van der Waals surface area contributed by atoms with Crippen LogP contribution in [0, 0.1) is 13.8 Å². The molecule has 12 heteroatoms. The smallest absolute Gasteiger partial charge is 0.328 e. The molecular formula is C22H29N5O7. The highest BCUT2D eigenvalue weighted by molar-refractivity contribution is 6.00. The van der Waals surface area contributed by atoms with Crippen LogP contribution >= 0.6 is 0 Å². The number of phenols is 2. The summed E-state index contributed by atoms with van der Waals surface area (Å²) in [5.74, 6) is -3.86. The van der Waals surface area contributed by atoms with E-state index >= 15 is 0 Å². The third-order valence-electron chi connectivity index (χ3n) is 4.86. The summed E-state index contributed by atoms with van der Waals surface area (Å²) in [5, 5.41) is 46.2. The van der Waals surface area contributed by atoms with Crippen molar-refractivity contribution in [3.63, 3.8) is 0 Å². The molecule has 1 aromatic carbocycles. The Morgan fingerprint density at radius 3 is 2.29 bits per heavy atom. The Balaban J connectivity index is 2.12. The number of aliphatic hydroxyl groups excluding tert-OH is 1. The molecule has 1 aromatic heterocycles. The van der Waals surface area contributed by atoms with E-state index in [1.807, 2.05) is 19.9 Å². The van der Waals surface area contributed by atoms with Crippen LogP contribution in [-0.4, -0.2) is 72.9 Å². The molecule has 0 bridgehead atoms. The molecule has 2 aromatic rings. The normalized spacial score (nSPS) is 13.4. The van der Waals surface area contributed by atoms with Gasteiger partial charge in [-0.15, -0.1) is 0 Å². The van der Waals surface area contributed by atoms with E-state index in [0.717, 1.165) is 11.4 Å². The number of aryl methyl sites for hydroxylation is 2. The summed E-state index contributed by atoms with van der Waals surface area (Å²) in [4.78, 5) is 45.3. The van der Waals surface area contributed by atoms with E-state index in [9.17, 15) is 34.8 Å². The maximum absolute atomic E-state index is 12.8. The largest absolute Gasteiger partial charge is 0.504 e. The van der Waals surface area contributed by atoms with Crippen LogP contribution in [0.15, 0.2) is 24.3 Å². The highest BCUT2D eigenvalue weighted by Crippen LogP contribution is 2.28. The fraction of sp³-hybridized carbons (Fsp3) is 0.409. The van der Waals surface area contributed by atoms with Gasteiger partial charge in [0.1, 0.15) is 6.04 Å². The second-order valence-electron chi connectivity index (χ2n) is 7.81. The zero-order valence-electron chi connectivity index (χ0n) is 19.1. The summed E-state index contributed by atoms with van der Waals surface area (Å²) in [6, 6.07) is 2.84. The molecule has 0 saturated carbocycles. The number of phenolic OH excluding ortho intramolecular Hbond substituents is 2. The number of para-hydroxylation sites is 1. The average Bonchev–Trinajstić information content (AvgIpc) is 2.74. The van der Waals surface area contributed by atoms with Gasteiger partial charge in [-0.25, -0.2) is 14.8 Å². The molecule has 184 valence electrons. The Bertz CT molecular complexity index is 1020. The SMILES string of the molecule is Cc1cc(C)nc(NCCC[C@H](NC(=O)c2cccc(O)c2O)C(=O)N[C@H](C(=O)O)C(C)O)n1. The van der Waals surface area contributed by atoms with E-state index < -0.39 is 47.5 Å². The Kier molecular flexibility index (Phi) is 9.13. The zero-order chi connectivity index (χ0) is 25.4. The van der Waals surface area contributed by atoms with Crippen molar-refractivity contribution in [1.82, 2.24) is 20.6 Å². The van der Waals surface area contributed by atoms with Crippen molar-refractivity contribution in [1.29, 1.82) is 0 Å². The molecule has 1 heterocycles. The van der Waals surface area contributed by atoms with Gasteiger partial charge in [-0.05, 0) is 51.8 Å². The molecular weight excluding hydrogens is 446 g/mol. The molecule has 0 radical (unpaired) electrons. The molecule has 0 aliphatic carbocycles. The predicted octanol–water partition coefficient (Wildman–Crippen LogP) is 0.446. The first-order valence-corrected chi connectivity index (χ1v) is 10.6. The Hall–Kier alpha value is -3.93. The summed E-state index contributed by atoms with van der Waals surface area (Å²) < 4.78 is 0. The van der Waals surface area contributed by atoms with E-state index in [4.69, 9.17) is 0 Å². The third-order valence-corrected chi connectivity index (χ3v) is 4.86. The summed E-state index contributed by atoms with van der Waals surface area (Å²) in [6.07, 6.45) is -0.940. The second kappa shape index (κ2) is 11.8. The first kappa shape index (κ1) is 26.3. The zero-order valence-corrected chi connectivity index (χ0v) is 19.1. The number of aromatic nitrogens is 2. The van der Waals surface area contributed by atoms with Gasteiger partial charge in [0.05, 0.1) is 11.7 Å². The molecule has 0 fully saturated rings. The van der Waals surface area contributed by atoms with Crippen molar-refractivity contribution in [2.45, 2.75) is 51.8 Å². The maximum atomic E-state index is 12.8. The minimum Gasteiger partial charge on any atom is -0.504 e. The van der Waals surface area contributed by atoms with Gasteiger partial charge in [0.25, 0.3) is 5.91 Å². The monoisotopic (exact) mass is 475 g/mol. The van der Waals surface area contributed by atoms with E-state index in [1.165, 1.54) is 25.1 Å². The molecule has 0 spiro atoms. The standard InChI is InChI=1S/C22H29N5O7/c1-11-10-12(2)25-22(24-11)23-9-5-7-15(20(32)27-17(13(3)28)21(33)34)26-19(31)14-6-4-8-16(29)18(14)30/h4,6,8,10,13,15,17,28-30H,5,7,9H2,1-3H3,(H,26,31)(H,27,32)(H,33,34)(H,23,24,25)/t13?,15-,17-/m0/s1. The van der Waals surface area contributed by atoms with Crippen LogP contribution in [0.2, 0.25) is 0 Å². The van der Waals surface area contributed by atoms with E-state index in [2.05, 4.69) is 25.9 Å². The molecule has 2 amide bonds. The van der Waals surface area contributed by atoms with Gasteiger partial charge in [0, 0.05) is 17.9 Å². The lowest BCUT2D eigenvalue weighted by Crippen LogP contribution is -2.54. The molecule has 0 aliphatic heterocycles. The molecule has 1 unspecified atom stereocenters. The summed E-state index contributed by atoms with van der Waals surface area (Å²) in [6.45, 7) is 5.21. The van der Waals surface area contributed by atoms with Crippen LogP contribution in [0.25, 0.3) is 0 Å². The number of benzene rings is 1. The van der Waals surface area contributed by atoms with Crippen LogP contribution in [0.5, 0.6) is 11.5 Å². The van der Waals surface area contributed by atoms with Crippen molar-refractivity contribution >= 4 is 23.7 Å². The molecule has 0 saturated heterocycles. The molecule has 12 nitrogen and oxygen atoms in total. The Morgan fingerprint density at radius 2 is 1.71 bits per heavy atom. The van der Waals surface area contributed by atoms with Gasteiger partial charge >= 0.3 is 5.97 Å². The van der Waals surface area contributed by atoms with Crippen LogP contribution in [0.1, 0.15) is 41.5 Å². The number of hydrogen-bond donors (Lipinski definition) is 7. The number of aliphatic hydroxyl groups is 1. The first-order chi connectivity index (χ1) is 16.0. The van der Waals surface area contributed by atoms with Crippen molar-refractivity contribution in [3.05, 3.63) is 41.2 Å². The lowest BCUT2D eigenvalue weighted by Gasteiger charge is -2.23. The van der Waals surface area contributed by atoms with Crippen molar-refractivity contribution < 1.29 is 34.8 Å². The van der Waals surface area contributed by atoms with Gasteiger partial charge in [-0.1, -0.05) is 6.07 Å². The molecule has 3 atom stereocenters. The number of nitrogens with one attached hydrogen (secondary N) is 3. The van der Waals surface area contributed by atoms with Crippen LogP contribution < -0.4 is 16.0 Å². The number of anilines is 1. The number of carboxylic acids is 1. The number of carboxylic acid groups (broad SMARTS) is 1. The third kappa shape index (κ3) is 7.30. The maximum Gasteiger partial charge on any atom is 0.328 e. The van der Waals surface area contributed by atoms with Gasteiger partial charge in [0.15, 0.2) is 17.5 Å². The summed E-state index contributed by atoms with van der Waals surface area (Å²) >= 11 is 0. The fourth-order valence-corrected chi connectivity index (χ4v) is 3.17. The van der Waals surface area contributed by atoms with Crippen LogP contribution in [-0.2, 0) is 9.59 Å². The second-order valence-corrected chi connectivity index (χ2v) is 7.81. The number of hydrogen-bond acceptors (Lipinski definition) is 9. The molecule has 2 rings (SSSR count). The summed E-state index contributed by atoms with van der Waals surface area (Å²) in [5.41, 5.74) is 1.30. The van der Waals surface area contributed by atoms with Gasteiger partial charge < -0.3 is 36.4 Å². The lowest BCUT2D eigenvalue weighted by atomic mass is 10.1. The number of aromatic hydroxyl groups is 2. The number of nitrogens with zero attached hydrogens (tertiary/aromatic N) is 2. The van der Waals surface area contributed by atoms with Gasteiger partial charge in [0.2, 0.25) is 11.9 Å². The number of amides is 2. The quantitative estimate of drug-likeness (QED) is 0.177. The van der Waals surface area contributed by atoms with Crippen molar-refractivity contribution in [2.24, 2.45) is 0 Å². The topological polar surface area (TPSA) is 194 Å². The number of aliphatic carboxylic acids is 1. The first-order valence-electron chi connectivity index (χ1n) is 10.6. The lowest BCUT2D eigenvalue weighted by molar-refractivity contribution is -0.145. The minimum atomic E-state index is -1.58. The predicted molar refractivity (Wildman–Crippen MR) is 122 cm³/mol. The number of carbonyl (C=O) groups excluding carboxylic acids is 2. The van der Waals surface area contributed by atoms with Crippen LogP contribution in [0.3, 0.4) is 0 Å². The number of rotatable bonds is 11. The fourth-order valence-electron chi connectivity index (χ4n) is 3.17. The number of carbonyl (C=O) groups is 3. The highest BCUT2D eigenvalue weighted by Gasteiger charge is 2.30. The van der Waals surface area contributed by atoms with Crippen molar-refractivity contribution in [3.8, 4) is 11.5 Å². The van der Waals surface area contributed by atoms with E-state index in [0.29, 0.717) is 18.9 Å². The highest BCUT2D eigenvalue weighted by atomic mass is 16.4. The van der Waals surface area contributed by atoms with Gasteiger partial charge in [-0.3, -0.25) is 9.59 Å². The average molecular weight is 476 g/mol. The van der Waals surface area contributed by atoms with Crippen molar-refractivity contribution in [2.75, 3.05) is 11.9 Å². The Morgan fingerprint density at radius 1 is 1.06 bits per heavy atom. The minimum absolute atomic E-state index is 0.0844. The van der Waals surface area contributed by atoms with E-state index in [-0.39, 0.29) is 12.0 Å². The molecule has 0 aliphatic rings. The van der Waals surface area contributed by atoms with Gasteiger partial charge in [-0.2, -0.15) is 0 Å². The van der Waals surface area contributed by atoms with Crippen LogP contribution in [0.4, 0.5) is 5.95 Å². The van der Waals surface area contributed by atoms with E-state index in [1.54, 1.807) is 0 Å². The molecule has 34 heavy (non-hydrogen) atoms. The molecule has 7 N–H and O–H groups in total. The Labute approximate surface area is 196 Å².